The van der Waals surface area contributed by atoms with E-state index in [0.29, 0.717) is 5.75 Å². The molecule has 0 N–H and O–H groups in total. The number of benzene rings is 2. The van der Waals surface area contributed by atoms with Crippen LogP contribution in [-0.2, 0) is 6.18 Å². The van der Waals surface area contributed by atoms with Crippen molar-refractivity contribution in [2.24, 2.45) is 0 Å². The summed E-state index contributed by atoms with van der Waals surface area (Å²) in [4.78, 5) is 0. The summed E-state index contributed by atoms with van der Waals surface area (Å²) in [5.41, 5.74) is -0.940. The Morgan fingerprint density at radius 3 is 2.30 bits per heavy atom. The minimum atomic E-state index is -4.58. The number of rotatable bonds is 5. The highest BCUT2D eigenvalue weighted by Crippen LogP contribution is 2.39. The molecule has 2 aromatic carbocycles. The lowest BCUT2D eigenvalue weighted by Gasteiger charge is -2.15. The van der Waals surface area contributed by atoms with E-state index in [2.05, 4.69) is 0 Å². The average Bonchev–Trinajstić information content (AvgIpc) is 2.48. The van der Waals surface area contributed by atoms with Crippen LogP contribution in [0.3, 0.4) is 0 Å². The maximum Gasteiger partial charge on any atom is 0.420 e. The third-order valence-corrected chi connectivity index (χ3v) is 3.02. The van der Waals surface area contributed by atoms with Crippen molar-refractivity contribution >= 4 is 23.2 Å². The summed E-state index contributed by atoms with van der Waals surface area (Å²) in [7, 11) is 0. The van der Waals surface area contributed by atoms with Gasteiger partial charge in [-0.25, -0.2) is 0 Å². The molecule has 0 saturated heterocycles. The Morgan fingerprint density at radius 2 is 1.70 bits per heavy atom. The molecule has 0 radical (unpaired) electrons. The first-order chi connectivity index (χ1) is 10.9. The number of halogens is 5. The summed E-state index contributed by atoms with van der Waals surface area (Å²) in [6.07, 6.45) is -3.34. The summed E-state index contributed by atoms with van der Waals surface area (Å²) < 4.78 is 49.8. The molecule has 0 aliphatic heterocycles. The van der Waals surface area contributed by atoms with E-state index in [1.54, 1.807) is 30.3 Å². The molecular formula is C16H11Cl2F3O2. The van der Waals surface area contributed by atoms with Crippen LogP contribution in [0.25, 0.3) is 0 Å². The molecular weight excluding hydrogens is 352 g/mol. The highest BCUT2D eigenvalue weighted by atomic mass is 35.5. The molecule has 0 bridgehead atoms. The van der Waals surface area contributed by atoms with Crippen molar-refractivity contribution in [1.29, 1.82) is 0 Å². The van der Waals surface area contributed by atoms with Gasteiger partial charge in [0.25, 0.3) is 0 Å². The number of hydrogen-bond acceptors (Lipinski definition) is 2. The number of alkyl halides is 3. The molecule has 0 fully saturated rings. The lowest BCUT2D eigenvalue weighted by Crippen LogP contribution is -2.09. The topological polar surface area (TPSA) is 18.5 Å². The number of ether oxygens (including phenoxy) is 2. The summed E-state index contributed by atoms with van der Waals surface area (Å²) in [6, 6.07) is 12.0. The number of para-hydroxylation sites is 1. The molecule has 2 rings (SSSR count). The van der Waals surface area contributed by atoms with E-state index in [1.807, 2.05) is 0 Å². The van der Waals surface area contributed by atoms with Gasteiger partial charge in [-0.2, -0.15) is 13.2 Å². The Bertz CT molecular complexity index is 681. The van der Waals surface area contributed by atoms with E-state index in [4.69, 9.17) is 32.7 Å². The fourth-order valence-electron chi connectivity index (χ4n) is 1.74. The Labute approximate surface area is 141 Å². The fraction of sp³-hybridized carbons (Fsp3) is 0.125. The van der Waals surface area contributed by atoms with Crippen molar-refractivity contribution in [3.63, 3.8) is 0 Å². The van der Waals surface area contributed by atoms with Crippen molar-refractivity contribution < 1.29 is 22.6 Å². The third-order valence-electron chi connectivity index (χ3n) is 2.71. The van der Waals surface area contributed by atoms with Gasteiger partial charge in [-0.1, -0.05) is 41.4 Å². The standard InChI is InChI=1S/C16H11Cl2F3O2/c17-15(18)8-9-22-14-7-6-12(10-13(14)16(19,20)21)23-11-4-2-1-3-5-11/h1-8,10H,9H2. The molecule has 0 spiro atoms. The van der Waals surface area contributed by atoms with E-state index in [-0.39, 0.29) is 22.6 Å². The predicted octanol–water partition coefficient (Wildman–Crippen LogP) is 6.20. The van der Waals surface area contributed by atoms with Crippen molar-refractivity contribution in [3.8, 4) is 17.2 Å². The molecule has 2 aromatic rings. The zero-order valence-corrected chi connectivity index (χ0v) is 13.1. The molecule has 122 valence electrons. The van der Waals surface area contributed by atoms with Gasteiger partial charge in [-0.15, -0.1) is 0 Å². The SMILES string of the molecule is FC(F)(F)c1cc(Oc2ccccc2)ccc1OCC=C(Cl)Cl. The van der Waals surface area contributed by atoms with Gasteiger partial charge in [-0.3, -0.25) is 0 Å². The summed E-state index contributed by atoms with van der Waals surface area (Å²) in [5.74, 6) is 0.164. The molecule has 0 saturated carbocycles. The van der Waals surface area contributed by atoms with Gasteiger partial charge in [0.2, 0.25) is 0 Å². The van der Waals surface area contributed by atoms with E-state index in [0.717, 1.165) is 6.07 Å². The van der Waals surface area contributed by atoms with Gasteiger partial charge in [0.15, 0.2) is 0 Å². The van der Waals surface area contributed by atoms with Gasteiger partial charge in [0, 0.05) is 0 Å². The largest absolute Gasteiger partial charge is 0.489 e. The first-order valence-corrected chi connectivity index (χ1v) is 7.20. The molecule has 7 heteroatoms. The minimum Gasteiger partial charge on any atom is -0.489 e. The molecule has 0 amide bonds. The van der Waals surface area contributed by atoms with Crippen LogP contribution in [0.5, 0.6) is 17.2 Å². The first-order valence-electron chi connectivity index (χ1n) is 6.44. The normalized spacial score (nSPS) is 11.0. The maximum absolute atomic E-state index is 13.1. The average molecular weight is 363 g/mol. The molecule has 0 aliphatic carbocycles. The van der Waals surface area contributed by atoms with Crippen molar-refractivity contribution in [2.75, 3.05) is 6.61 Å². The molecule has 0 atom stereocenters. The van der Waals surface area contributed by atoms with Crippen LogP contribution >= 0.6 is 23.2 Å². The van der Waals surface area contributed by atoms with Gasteiger partial charge < -0.3 is 9.47 Å². The Morgan fingerprint density at radius 1 is 1.00 bits per heavy atom. The zero-order chi connectivity index (χ0) is 16.9. The highest BCUT2D eigenvalue weighted by Gasteiger charge is 2.35. The van der Waals surface area contributed by atoms with Crippen LogP contribution in [0.2, 0.25) is 0 Å². The third kappa shape index (κ3) is 5.37. The van der Waals surface area contributed by atoms with Crippen LogP contribution < -0.4 is 9.47 Å². The first kappa shape index (κ1) is 17.5. The summed E-state index contributed by atoms with van der Waals surface area (Å²) >= 11 is 10.8. The van der Waals surface area contributed by atoms with Gasteiger partial charge >= 0.3 is 6.18 Å². The highest BCUT2D eigenvalue weighted by molar-refractivity contribution is 6.55. The van der Waals surface area contributed by atoms with E-state index in [1.165, 1.54) is 18.2 Å². The van der Waals surface area contributed by atoms with Gasteiger partial charge in [-0.05, 0) is 36.4 Å². The lowest BCUT2D eigenvalue weighted by atomic mass is 10.2. The van der Waals surface area contributed by atoms with Crippen LogP contribution in [-0.4, -0.2) is 6.61 Å². The lowest BCUT2D eigenvalue weighted by molar-refractivity contribution is -0.138. The predicted molar refractivity (Wildman–Crippen MR) is 83.2 cm³/mol. The smallest absolute Gasteiger partial charge is 0.420 e. The molecule has 0 aromatic heterocycles. The quantitative estimate of drug-likeness (QED) is 0.630. The van der Waals surface area contributed by atoms with Crippen LogP contribution in [0.15, 0.2) is 59.1 Å². The maximum atomic E-state index is 13.1. The van der Waals surface area contributed by atoms with E-state index >= 15 is 0 Å². The Kier molecular flexibility index (Phi) is 5.80. The minimum absolute atomic E-state index is 0.0572. The van der Waals surface area contributed by atoms with Crippen LogP contribution in [0.1, 0.15) is 5.56 Å². The molecule has 0 unspecified atom stereocenters. The summed E-state index contributed by atoms with van der Waals surface area (Å²) in [5, 5.41) is 0. The fourth-order valence-corrected chi connectivity index (χ4v) is 1.87. The second-order valence-electron chi connectivity index (χ2n) is 4.38. The van der Waals surface area contributed by atoms with E-state index < -0.39 is 11.7 Å². The van der Waals surface area contributed by atoms with Crippen molar-refractivity contribution in [3.05, 3.63) is 64.7 Å². The zero-order valence-electron chi connectivity index (χ0n) is 11.6. The van der Waals surface area contributed by atoms with Crippen LogP contribution in [0, 0.1) is 0 Å². The molecule has 0 heterocycles. The molecule has 0 aliphatic rings. The molecule has 23 heavy (non-hydrogen) atoms. The Hall–Kier alpha value is -1.85. The Balaban J connectivity index is 2.25. The van der Waals surface area contributed by atoms with Crippen LogP contribution in [0.4, 0.5) is 13.2 Å². The van der Waals surface area contributed by atoms with Crippen molar-refractivity contribution in [1.82, 2.24) is 0 Å². The monoisotopic (exact) mass is 362 g/mol. The summed E-state index contributed by atoms with van der Waals surface area (Å²) in [6.45, 7) is -0.176. The van der Waals surface area contributed by atoms with Crippen molar-refractivity contribution in [2.45, 2.75) is 6.18 Å². The second kappa shape index (κ2) is 7.62. The number of hydrogen-bond donors (Lipinski definition) is 0. The van der Waals surface area contributed by atoms with Gasteiger partial charge in [0.05, 0.1) is 0 Å². The van der Waals surface area contributed by atoms with Gasteiger partial charge in [0.1, 0.15) is 33.9 Å². The molecule has 2 nitrogen and oxygen atoms in total. The second-order valence-corrected chi connectivity index (χ2v) is 5.38. The van der Waals surface area contributed by atoms with E-state index in [9.17, 15) is 13.2 Å².